The van der Waals surface area contributed by atoms with Gasteiger partial charge in [-0.3, -0.25) is 14.9 Å². The van der Waals surface area contributed by atoms with Gasteiger partial charge in [-0.25, -0.2) is 4.98 Å². The zero-order valence-corrected chi connectivity index (χ0v) is 13.4. The molecule has 0 aliphatic carbocycles. The summed E-state index contributed by atoms with van der Waals surface area (Å²) >= 11 is 1.60. The van der Waals surface area contributed by atoms with Crippen LogP contribution >= 0.6 is 11.3 Å². The molecule has 0 atom stereocenters. The summed E-state index contributed by atoms with van der Waals surface area (Å²) in [5.41, 5.74) is 6.40. The molecular formula is C16H14N4O3S. The summed E-state index contributed by atoms with van der Waals surface area (Å²) in [6.45, 7) is 0.497. The Morgan fingerprint density at radius 1 is 1.29 bits per heavy atom. The highest BCUT2D eigenvalue weighted by atomic mass is 32.1. The standard InChI is InChI=1S/C16H14N4O3S/c17-16(21)10-5-6-11(13(9-10)20(22)23)18-8-7-15-19-12-3-1-2-4-14(12)24-15/h1-6,9,18H,7-8H2,(H2,17,21). The van der Waals surface area contributed by atoms with Crippen molar-refractivity contribution in [2.45, 2.75) is 6.42 Å². The Kier molecular flexibility index (Phi) is 4.39. The van der Waals surface area contributed by atoms with Gasteiger partial charge in [0.25, 0.3) is 5.69 Å². The first-order valence-electron chi connectivity index (χ1n) is 7.21. The van der Waals surface area contributed by atoms with E-state index >= 15 is 0 Å². The molecule has 3 rings (SSSR count). The summed E-state index contributed by atoms with van der Waals surface area (Å²) in [7, 11) is 0. The van der Waals surface area contributed by atoms with Crippen molar-refractivity contribution in [2.24, 2.45) is 5.73 Å². The second kappa shape index (κ2) is 6.63. The van der Waals surface area contributed by atoms with Crippen molar-refractivity contribution in [2.75, 3.05) is 11.9 Å². The smallest absolute Gasteiger partial charge is 0.293 e. The van der Waals surface area contributed by atoms with E-state index in [0.717, 1.165) is 15.2 Å². The summed E-state index contributed by atoms with van der Waals surface area (Å²) in [4.78, 5) is 26.3. The number of nitro groups is 1. The number of carbonyl (C=O) groups excluding carboxylic acids is 1. The number of nitrogens with zero attached hydrogens (tertiary/aromatic N) is 2. The average Bonchev–Trinajstić information content (AvgIpc) is 2.97. The van der Waals surface area contributed by atoms with Crippen molar-refractivity contribution in [3.8, 4) is 0 Å². The molecule has 0 aliphatic heterocycles. The van der Waals surface area contributed by atoms with Gasteiger partial charge < -0.3 is 11.1 Å². The lowest BCUT2D eigenvalue weighted by molar-refractivity contribution is -0.384. The van der Waals surface area contributed by atoms with E-state index in [4.69, 9.17) is 5.73 Å². The Morgan fingerprint density at radius 3 is 2.79 bits per heavy atom. The van der Waals surface area contributed by atoms with Crippen LogP contribution in [0.2, 0.25) is 0 Å². The van der Waals surface area contributed by atoms with E-state index in [9.17, 15) is 14.9 Å². The van der Waals surface area contributed by atoms with Crippen molar-refractivity contribution in [1.29, 1.82) is 0 Å². The Labute approximate surface area is 141 Å². The molecule has 3 N–H and O–H groups in total. The van der Waals surface area contributed by atoms with Crippen LogP contribution in [0.15, 0.2) is 42.5 Å². The van der Waals surface area contributed by atoms with E-state index in [0.29, 0.717) is 18.7 Å². The van der Waals surface area contributed by atoms with Crippen LogP contribution < -0.4 is 11.1 Å². The fourth-order valence-electron chi connectivity index (χ4n) is 2.32. The monoisotopic (exact) mass is 342 g/mol. The summed E-state index contributed by atoms with van der Waals surface area (Å²) in [6, 6.07) is 12.0. The fraction of sp³-hybridized carbons (Fsp3) is 0.125. The van der Waals surface area contributed by atoms with Crippen molar-refractivity contribution in [1.82, 2.24) is 4.98 Å². The number of carbonyl (C=O) groups is 1. The van der Waals surface area contributed by atoms with Gasteiger partial charge >= 0.3 is 0 Å². The molecule has 0 unspecified atom stereocenters. The highest BCUT2D eigenvalue weighted by Crippen LogP contribution is 2.26. The molecule has 8 heteroatoms. The number of rotatable bonds is 6. The van der Waals surface area contributed by atoms with E-state index in [-0.39, 0.29) is 11.3 Å². The minimum atomic E-state index is -0.695. The number of fused-ring (bicyclic) bond motifs is 1. The Morgan fingerprint density at radius 2 is 2.08 bits per heavy atom. The molecule has 3 aromatic rings. The van der Waals surface area contributed by atoms with Gasteiger partial charge in [-0.15, -0.1) is 11.3 Å². The largest absolute Gasteiger partial charge is 0.379 e. The summed E-state index contributed by atoms with van der Waals surface area (Å²) < 4.78 is 1.12. The third-order valence-corrected chi connectivity index (χ3v) is 4.57. The number of primary amides is 1. The zero-order valence-electron chi connectivity index (χ0n) is 12.6. The summed E-state index contributed by atoms with van der Waals surface area (Å²) in [5.74, 6) is -0.695. The van der Waals surface area contributed by atoms with Crippen molar-refractivity contribution >= 4 is 38.8 Å². The number of nitrogens with one attached hydrogen (secondary N) is 1. The molecule has 0 spiro atoms. The number of aromatic nitrogens is 1. The Hall–Kier alpha value is -3.00. The van der Waals surface area contributed by atoms with Crippen LogP contribution in [0.4, 0.5) is 11.4 Å². The first-order valence-corrected chi connectivity index (χ1v) is 8.03. The molecule has 0 radical (unpaired) electrons. The third-order valence-electron chi connectivity index (χ3n) is 3.47. The van der Waals surface area contributed by atoms with E-state index in [1.54, 1.807) is 11.3 Å². The zero-order chi connectivity index (χ0) is 17.1. The second-order valence-electron chi connectivity index (χ2n) is 5.11. The van der Waals surface area contributed by atoms with Gasteiger partial charge in [0.2, 0.25) is 5.91 Å². The Bertz CT molecular complexity index is 890. The van der Waals surface area contributed by atoms with Crippen LogP contribution in [-0.4, -0.2) is 22.4 Å². The van der Waals surface area contributed by atoms with Gasteiger partial charge in [-0.1, -0.05) is 12.1 Å². The molecule has 0 saturated carbocycles. The van der Waals surface area contributed by atoms with E-state index < -0.39 is 10.8 Å². The molecule has 1 amide bonds. The lowest BCUT2D eigenvalue weighted by Crippen LogP contribution is -2.12. The maximum absolute atomic E-state index is 11.2. The van der Waals surface area contributed by atoms with Gasteiger partial charge in [0.05, 0.1) is 20.1 Å². The molecule has 0 bridgehead atoms. The first-order chi connectivity index (χ1) is 11.5. The van der Waals surface area contributed by atoms with Crippen LogP contribution in [0.5, 0.6) is 0 Å². The molecule has 0 aliphatic rings. The topological polar surface area (TPSA) is 111 Å². The molecule has 1 aromatic heterocycles. The highest BCUT2D eigenvalue weighted by Gasteiger charge is 2.16. The lowest BCUT2D eigenvalue weighted by atomic mass is 10.1. The van der Waals surface area contributed by atoms with Crippen LogP contribution in [0, 0.1) is 10.1 Å². The molecule has 0 saturated heterocycles. The molecule has 122 valence electrons. The third kappa shape index (κ3) is 3.33. The highest BCUT2D eigenvalue weighted by molar-refractivity contribution is 7.18. The number of thiazole rings is 1. The lowest BCUT2D eigenvalue weighted by Gasteiger charge is -2.07. The number of nitrogens with two attached hydrogens (primary N) is 1. The molecular weight excluding hydrogens is 328 g/mol. The quantitative estimate of drug-likeness (QED) is 0.528. The predicted molar refractivity (Wildman–Crippen MR) is 93.4 cm³/mol. The second-order valence-corrected chi connectivity index (χ2v) is 6.22. The number of nitro benzene ring substituents is 1. The predicted octanol–water partition coefficient (Wildman–Crippen LogP) is 2.96. The van der Waals surface area contributed by atoms with Crippen LogP contribution in [-0.2, 0) is 6.42 Å². The molecule has 7 nitrogen and oxygen atoms in total. The number of hydrogen-bond acceptors (Lipinski definition) is 6. The van der Waals surface area contributed by atoms with Crippen molar-refractivity contribution < 1.29 is 9.72 Å². The summed E-state index contributed by atoms with van der Waals surface area (Å²) in [6.07, 6.45) is 0.647. The van der Waals surface area contributed by atoms with Crippen LogP contribution in [0.1, 0.15) is 15.4 Å². The van der Waals surface area contributed by atoms with Gasteiger partial charge in [0, 0.05) is 24.6 Å². The van der Waals surface area contributed by atoms with E-state index in [1.807, 2.05) is 24.3 Å². The maximum atomic E-state index is 11.2. The average molecular weight is 342 g/mol. The number of anilines is 1. The van der Waals surface area contributed by atoms with Crippen molar-refractivity contribution in [3.05, 3.63) is 63.1 Å². The number of benzene rings is 2. The maximum Gasteiger partial charge on any atom is 0.293 e. The molecule has 1 heterocycles. The van der Waals surface area contributed by atoms with Crippen LogP contribution in [0.25, 0.3) is 10.2 Å². The van der Waals surface area contributed by atoms with Crippen LogP contribution in [0.3, 0.4) is 0 Å². The summed E-state index contributed by atoms with van der Waals surface area (Å²) in [5, 5.41) is 15.1. The van der Waals surface area contributed by atoms with Gasteiger partial charge in [-0.05, 0) is 24.3 Å². The number of para-hydroxylation sites is 1. The minimum Gasteiger partial charge on any atom is -0.379 e. The van der Waals surface area contributed by atoms with E-state index in [2.05, 4.69) is 10.3 Å². The fourth-order valence-corrected chi connectivity index (χ4v) is 3.28. The molecule has 0 fully saturated rings. The van der Waals surface area contributed by atoms with Crippen molar-refractivity contribution in [3.63, 3.8) is 0 Å². The van der Waals surface area contributed by atoms with E-state index in [1.165, 1.54) is 18.2 Å². The van der Waals surface area contributed by atoms with Gasteiger partial charge in [0.15, 0.2) is 0 Å². The Balaban J connectivity index is 1.72. The SMILES string of the molecule is NC(=O)c1ccc(NCCc2nc3ccccc3s2)c([N+](=O)[O-])c1. The number of hydrogen-bond donors (Lipinski definition) is 2. The van der Waals surface area contributed by atoms with Gasteiger partial charge in [0.1, 0.15) is 5.69 Å². The molecule has 2 aromatic carbocycles. The number of amides is 1. The normalized spacial score (nSPS) is 10.7. The molecule has 24 heavy (non-hydrogen) atoms. The first kappa shape index (κ1) is 15.9. The van der Waals surface area contributed by atoms with Gasteiger partial charge in [-0.2, -0.15) is 0 Å². The minimum absolute atomic E-state index is 0.110.